The lowest BCUT2D eigenvalue weighted by atomic mass is 10.1. The van der Waals surface area contributed by atoms with Gasteiger partial charge < -0.3 is 15.4 Å². The van der Waals surface area contributed by atoms with Gasteiger partial charge in [-0.25, -0.2) is 8.78 Å². The van der Waals surface area contributed by atoms with Crippen molar-refractivity contribution in [3.8, 4) is 0 Å². The summed E-state index contributed by atoms with van der Waals surface area (Å²) >= 11 is 0. The number of rotatable bonds is 7. The Balaban J connectivity index is 2.48. The van der Waals surface area contributed by atoms with Crippen LogP contribution < -0.4 is 5.73 Å². The van der Waals surface area contributed by atoms with Crippen LogP contribution in [0.3, 0.4) is 0 Å². The molecule has 1 aromatic rings. The van der Waals surface area contributed by atoms with Crippen molar-refractivity contribution < 1.29 is 13.5 Å². The molecule has 1 unspecified atom stereocenters. The molecule has 3 nitrogen and oxygen atoms in total. The van der Waals surface area contributed by atoms with Gasteiger partial charge in [-0.05, 0) is 31.7 Å². The highest BCUT2D eigenvalue weighted by molar-refractivity contribution is 5.21. The Morgan fingerprint density at radius 1 is 1.33 bits per heavy atom. The maximum atomic E-state index is 13.1. The molecule has 1 atom stereocenters. The van der Waals surface area contributed by atoms with Crippen molar-refractivity contribution >= 4 is 0 Å². The van der Waals surface area contributed by atoms with E-state index in [-0.39, 0.29) is 6.04 Å². The summed E-state index contributed by atoms with van der Waals surface area (Å²) in [5.74, 6) is -1.71. The molecule has 0 aliphatic heterocycles. The number of nitrogens with two attached hydrogens (primary N) is 1. The fourth-order valence-corrected chi connectivity index (χ4v) is 1.64. The summed E-state index contributed by atoms with van der Waals surface area (Å²) in [5, 5.41) is 0. The van der Waals surface area contributed by atoms with Gasteiger partial charge in [-0.1, -0.05) is 6.07 Å². The fraction of sp³-hybridized carbons (Fsp3) is 0.538. The number of ether oxygens (including phenoxy) is 1. The van der Waals surface area contributed by atoms with E-state index in [0.717, 1.165) is 18.7 Å². The zero-order chi connectivity index (χ0) is 13.5. The molecule has 0 amide bonds. The molecule has 0 bridgehead atoms. The van der Waals surface area contributed by atoms with Gasteiger partial charge in [0.2, 0.25) is 0 Å². The monoisotopic (exact) mass is 258 g/mol. The van der Waals surface area contributed by atoms with E-state index < -0.39 is 11.6 Å². The SMILES string of the molecule is CCOCCN(C)CC(N)c1ccc(F)c(F)c1. The van der Waals surface area contributed by atoms with E-state index in [2.05, 4.69) is 0 Å². The second kappa shape index (κ2) is 7.41. The van der Waals surface area contributed by atoms with Gasteiger partial charge in [0.1, 0.15) is 0 Å². The summed E-state index contributed by atoms with van der Waals surface area (Å²) in [6, 6.07) is 3.42. The number of hydrogen-bond acceptors (Lipinski definition) is 3. The molecule has 18 heavy (non-hydrogen) atoms. The third-order valence-corrected chi connectivity index (χ3v) is 2.70. The van der Waals surface area contributed by atoms with Crippen molar-refractivity contribution in [2.24, 2.45) is 5.73 Å². The molecular formula is C13H20F2N2O. The lowest BCUT2D eigenvalue weighted by molar-refractivity contribution is 0.120. The van der Waals surface area contributed by atoms with E-state index in [1.165, 1.54) is 6.07 Å². The first-order valence-corrected chi connectivity index (χ1v) is 6.01. The highest BCUT2D eigenvalue weighted by atomic mass is 19.2. The van der Waals surface area contributed by atoms with Crippen LogP contribution in [0.1, 0.15) is 18.5 Å². The van der Waals surface area contributed by atoms with Gasteiger partial charge in [0.15, 0.2) is 11.6 Å². The predicted molar refractivity (Wildman–Crippen MR) is 67.3 cm³/mol. The molecule has 0 saturated heterocycles. The first kappa shape index (κ1) is 15.0. The van der Waals surface area contributed by atoms with Crippen LogP contribution in [0.25, 0.3) is 0 Å². The number of halogens is 2. The van der Waals surface area contributed by atoms with Crippen molar-refractivity contribution in [3.63, 3.8) is 0 Å². The summed E-state index contributed by atoms with van der Waals surface area (Å²) < 4.78 is 31.1. The van der Waals surface area contributed by atoms with Crippen LogP contribution in [0.15, 0.2) is 18.2 Å². The first-order chi connectivity index (χ1) is 8.54. The van der Waals surface area contributed by atoms with Crippen LogP contribution in [-0.4, -0.2) is 38.3 Å². The normalized spacial score (nSPS) is 13.0. The average molecular weight is 258 g/mol. The predicted octanol–water partition coefficient (Wildman–Crippen LogP) is 1.93. The number of benzene rings is 1. The van der Waals surface area contributed by atoms with Crippen LogP contribution in [-0.2, 0) is 4.74 Å². The molecule has 0 radical (unpaired) electrons. The lowest BCUT2D eigenvalue weighted by Crippen LogP contribution is -2.31. The Kier molecular flexibility index (Phi) is 6.18. The average Bonchev–Trinajstić information content (AvgIpc) is 2.33. The second-order valence-corrected chi connectivity index (χ2v) is 4.24. The number of likely N-dealkylation sites (N-methyl/N-ethyl adjacent to an activating group) is 1. The maximum absolute atomic E-state index is 13.1. The van der Waals surface area contributed by atoms with Crippen LogP contribution >= 0.6 is 0 Å². The summed E-state index contributed by atoms with van der Waals surface area (Å²) in [7, 11) is 1.92. The zero-order valence-electron chi connectivity index (χ0n) is 10.8. The van der Waals surface area contributed by atoms with E-state index in [1.54, 1.807) is 0 Å². The third kappa shape index (κ3) is 4.68. The number of hydrogen-bond donors (Lipinski definition) is 1. The Labute approximate surface area is 107 Å². The third-order valence-electron chi connectivity index (χ3n) is 2.70. The highest BCUT2D eigenvalue weighted by Crippen LogP contribution is 2.15. The van der Waals surface area contributed by atoms with Gasteiger partial charge in [0, 0.05) is 25.7 Å². The van der Waals surface area contributed by atoms with E-state index in [9.17, 15) is 8.78 Å². The van der Waals surface area contributed by atoms with Crippen LogP contribution in [0.4, 0.5) is 8.78 Å². The van der Waals surface area contributed by atoms with E-state index in [1.807, 2.05) is 18.9 Å². The summed E-state index contributed by atoms with van der Waals surface area (Å²) in [6.45, 7) is 4.58. The number of nitrogens with zero attached hydrogens (tertiary/aromatic N) is 1. The van der Waals surface area contributed by atoms with E-state index >= 15 is 0 Å². The van der Waals surface area contributed by atoms with Gasteiger partial charge in [-0.15, -0.1) is 0 Å². The molecule has 0 aliphatic rings. The molecule has 1 rings (SSSR count). The minimum Gasteiger partial charge on any atom is -0.380 e. The van der Waals surface area contributed by atoms with Gasteiger partial charge in [-0.2, -0.15) is 0 Å². The molecule has 0 aliphatic carbocycles. The smallest absolute Gasteiger partial charge is 0.159 e. The summed E-state index contributed by atoms with van der Waals surface area (Å²) in [5.41, 5.74) is 6.54. The molecule has 0 fully saturated rings. The van der Waals surface area contributed by atoms with Gasteiger partial charge >= 0.3 is 0 Å². The largest absolute Gasteiger partial charge is 0.380 e. The van der Waals surface area contributed by atoms with Gasteiger partial charge in [-0.3, -0.25) is 0 Å². The quantitative estimate of drug-likeness (QED) is 0.760. The standard InChI is InChI=1S/C13H20F2N2O/c1-3-18-7-6-17(2)9-13(16)10-4-5-11(14)12(15)8-10/h4-5,8,13H,3,6-7,9,16H2,1-2H3. The molecule has 0 saturated carbocycles. The molecule has 0 heterocycles. The second-order valence-electron chi connectivity index (χ2n) is 4.24. The van der Waals surface area contributed by atoms with Crippen molar-refractivity contribution in [2.45, 2.75) is 13.0 Å². The fourth-order valence-electron chi connectivity index (χ4n) is 1.64. The van der Waals surface area contributed by atoms with Crippen molar-refractivity contribution in [3.05, 3.63) is 35.4 Å². The first-order valence-electron chi connectivity index (χ1n) is 6.01. The Hall–Kier alpha value is -1.04. The van der Waals surface area contributed by atoms with Crippen LogP contribution in [0.5, 0.6) is 0 Å². The molecular weight excluding hydrogens is 238 g/mol. The van der Waals surface area contributed by atoms with Crippen molar-refractivity contribution in [1.82, 2.24) is 4.90 Å². The molecule has 5 heteroatoms. The Bertz CT molecular complexity index is 374. The molecule has 1 aromatic carbocycles. The minimum absolute atomic E-state index is 0.341. The molecule has 2 N–H and O–H groups in total. The topological polar surface area (TPSA) is 38.5 Å². The molecule has 102 valence electrons. The van der Waals surface area contributed by atoms with Crippen LogP contribution in [0.2, 0.25) is 0 Å². The maximum Gasteiger partial charge on any atom is 0.159 e. The Morgan fingerprint density at radius 3 is 2.67 bits per heavy atom. The van der Waals surface area contributed by atoms with Gasteiger partial charge in [0.05, 0.1) is 6.61 Å². The zero-order valence-corrected chi connectivity index (χ0v) is 10.8. The lowest BCUT2D eigenvalue weighted by Gasteiger charge is -2.21. The van der Waals surface area contributed by atoms with Gasteiger partial charge in [0.25, 0.3) is 0 Å². The molecule has 0 aromatic heterocycles. The minimum atomic E-state index is -0.861. The van der Waals surface area contributed by atoms with Crippen molar-refractivity contribution in [2.75, 3.05) is 33.4 Å². The van der Waals surface area contributed by atoms with Crippen LogP contribution in [0, 0.1) is 11.6 Å². The van der Waals surface area contributed by atoms with E-state index in [4.69, 9.17) is 10.5 Å². The summed E-state index contributed by atoms with van der Waals surface area (Å²) in [4.78, 5) is 2.00. The highest BCUT2D eigenvalue weighted by Gasteiger charge is 2.11. The summed E-state index contributed by atoms with van der Waals surface area (Å²) in [6.07, 6.45) is 0. The van der Waals surface area contributed by atoms with Crippen molar-refractivity contribution in [1.29, 1.82) is 0 Å². The Morgan fingerprint density at radius 2 is 2.06 bits per heavy atom. The van der Waals surface area contributed by atoms with E-state index in [0.29, 0.717) is 25.3 Å². The molecule has 0 spiro atoms.